The number of nitrogens with zero attached hydrogens (tertiary/aromatic N) is 1. The van der Waals surface area contributed by atoms with Crippen LogP contribution in [0.1, 0.15) is 50.7 Å². The van der Waals surface area contributed by atoms with E-state index in [2.05, 4.69) is 31.2 Å². The SMILES string of the molecule is Cc1sc(C2CC2)nc1C[S@](=O)C(c1ccccc1)c1ccccc1. The molecule has 1 atom stereocenters. The third kappa shape index (κ3) is 3.75. The maximum atomic E-state index is 13.3. The zero-order valence-corrected chi connectivity index (χ0v) is 15.9. The Morgan fingerprint density at radius 3 is 2.12 bits per heavy atom. The highest BCUT2D eigenvalue weighted by Gasteiger charge is 2.29. The van der Waals surface area contributed by atoms with Crippen molar-refractivity contribution in [1.29, 1.82) is 0 Å². The van der Waals surface area contributed by atoms with Crippen LogP contribution in [0.25, 0.3) is 0 Å². The van der Waals surface area contributed by atoms with Gasteiger partial charge in [-0.05, 0) is 30.9 Å². The van der Waals surface area contributed by atoms with E-state index in [-0.39, 0.29) is 5.25 Å². The zero-order valence-electron chi connectivity index (χ0n) is 14.2. The van der Waals surface area contributed by atoms with Gasteiger partial charge in [-0.25, -0.2) is 4.98 Å². The summed E-state index contributed by atoms with van der Waals surface area (Å²) in [6.45, 7) is 2.11. The van der Waals surface area contributed by atoms with Gasteiger partial charge >= 0.3 is 0 Å². The average Bonchev–Trinajstić information content (AvgIpc) is 3.42. The molecule has 1 aliphatic rings. The highest BCUT2D eigenvalue weighted by atomic mass is 32.2. The second-order valence-corrected chi connectivity index (χ2v) is 9.31. The van der Waals surface area contributed by atoms with Crippen LogP contribution in [0.15, 0.2) is 60.7 Å². The molecule has 2 aromatic carbocycles. The quantitative estimate of drug-likeness (QED) is 0.586. The number of aromatic nitrogens is 1. The van der Waals surface area contributed by atoms with Crippen molar-refractivity contribution >= 4 is 22.1 Å². The van der Waals surface area contributed by atoms with Crippen LogP contribution < -0.4 is 0 Å². The van der Waals surface area contributed by atoms with Crippen molar-refractivity contribution in [3.63, 3.8) is 0 Å². The van der Waals surface area contributed by atoms with Gasteiger partial charge < -0.3 is 0 Å². The normalized spacial score (nSPS) is 15.4. The molecule has 4 rings (SSSR count). The van der Waals surface area contributed by atoms with Crippen molar-refractivity contribution in [1.82, 2.24) is 4.98 Å². The van der Waals surface area contributed by atoms with Crippen LogP contribution in [0.5, 0.6) is 0 Å². The molecule has 1 saturated carbocycles. The molecule has 0 N–H and O–H groups in total. The number of benzene rings is 2. The monoisotopic (exact) mass is 367 g/mol. The molecule has 4 heteroatoms. The van der Waals surface area contributed by atoms with Gasteiger partial charge in [0, 0.05) is 21.6 Å². The summed E-state index contributed by atoms with van der Waals surface area (Å²) in [6.07, 6.45) is 2.51. The summed E-state index contributed by atoms with van der Waals surface area (Å²) in [5.74, 6) is 1.17. The van der Waals surface area contributed by atoms with Crippen molar-refractivity contribution in [2.24, 2.45) is 0 Å². The number of hydrogen-bond donors (Lipinski definition) is 0. The van der Waals surface area contributed by atoms with E-state index in [4.69, 9.17) is 4.98 Å². The minimum absolute atomic E-state index is 0.118. The second-order valence-electron chi connectivity index (χ2n) is 6.56. The van der Waals surface area contributed by atoms with E-state index in [1.54, 1.807) is 11.3 Å². The second kappa shape index (κ2) is 7.22. The molecular formula is C21H21NOS2. The molecule has 3 aromatic rings. The zero-order chi connectivity index (χ0) is 17.2. The molecule has 0 amide bonds. The lowest BCUT2D eigenvalue weighted by Gasteiger charge is -2.17. The molecule has 0 spiro atoms. The van der Waals surface area contributed by atoms with Gasteiger partial charge in [-0.2, -0.15) is 0 Å². The molecule has 1 aromatic heterocycles. The summed E-state index contributed by atoms with van der Waals surface area (Å²) >= 11 is 1.78. The van der Waals surface area contributed by atoms with E-state index < -0.39 is 10.8 Å². The summed E-state index contributed by atoms with van der Waals surface area (Å²) < 4.78 is 13.3. The largest absolute Gasteiger partial charge is 0.258 e. The van der Waals surface area contributed by atoms with Crippen LogP contribution in [0.4, 0.5) is 0 Å². The fourth-order valence-corrected chi connectivity index (χ4v) is 5.90. The van der Waals surface area contributed by atoms with Gasteiger partial charge in [0.1, 0.15) is 0 Å². The Morgan fingerprint density at radius 2 is 1.60 bits per heavy atom. The Kier molecular flexibility index (Phi) is 4.82. The maximum Gasteiger partial charge on any atom is 0.0962 e. The predicted octanol–water partition coefficient (Wildman–Crippen LogP) is 5.37. The Hall–Kier alpha value is -1.78. The molecule has 0 aliphatic heterocycles. The van der Waals surface area contributed by atoms with Crippen LogP contribution in [0.3, 0.4) is 0 Å². The summed E-state index contributed by atoms with van der Waals surface area (Å²) in [6, 6.07) is 20.3. The standard InChI is InChI=1S/C21H21NOS2/c1-15-19(22-21(24-15)18-12-13-18)14-25(23)20(16-8-4-2-5-9-16)17-10-6-3-7-11-17/h2-11,18,20H,12-14H2,1H3/t25-/m0/s1. The first-order valence-corrected chi connectivity index (χ1v) is 10.9. The van der Waals surface area contributed by atoms with E-state index in [0.717, 1.165) is 16.8 Å². The lowest BCUT2D eigenvalue weighted by molar-refractivity contribution is 0.677. The molecule has 1 fully saturated rings. The Labute approximate surface area is 155 Å². The number of thiazole rings is 1. The van der Waals surface area contributed by atoms with Crippen LogP contribution in [0.2, 0.25) is 0 Å². The first kappa shape index (κ1) is 16.7. The molecule has 25 heavy (non-hydrogen) atoms. The van der Waals surface area contributed by atoms with E-state index in [1.807, 2.05) is 36.4 Å². The summed E-state index contributed by atoms with van der Waals surface area (Å²) in [7, 11) is -1.06. The molecule has 1 heterocycles. The van der Waals surface area contributed by atoms with Gasteiger partial charge in [-0.1, -0.05) is 60.7 Å². The van der Waals surface area contributed by atoms with E-state index in [0.29, 0.717) is 11.7 Å². The molecule has 2 nitrogen and oxygen atoms in total. The topological polar surface area (TPSA) is 30.0 Å². The van der Waals surface area contributed by atoms with Gasteiger partial charge in [0.2, 0.25) is 0 Å². The van der Waals surface area contributed by atoms with Gasteiger partial charge in [0.15, 0.2) is 0 Å². The Morgan fingerprint density at radius 1 is 1.04 bits per heavy atom. The number of rotatable bonds is 6. The molecule has 1 aliphatic carbocycles. The van der Waals surface area contributed by atoms with E-state index in [9.17, 15) is 4.21 Å². The minimum Gasteiger partial charge on any atom is -0.258 e. The van der Waals surface area contributed by atoms with Crippen molar-refractivity contribution < 1.29 is 4.21 Å². The summed E-state index contributed by atoms with van der Waals surface area (Å²) in [5.41, 5.74) is 3.21. The summed E-state index contributed by atoms with van der Waals surface area (Å²) in [4.78, 5) is 6.02. The van der Waals surface area contributed by atoms with Crippen LogP contribution in [-0.4, -0.2) is 9.19 Å². The fraction of sp³-hybridized carbons (Fsp3) is 0.286. The van der Waals surface area contributed by atoms with E-state index in [1.165, 1.54) is 22.7 Å². The van der Waals surface area contributed by atoms with Crippen LogP contribution in [0, 0.1) is 6.92 Å². The first-order chi connectivity index (χ1) is 12.2. The summed E-state index contributed by atoms with van der Waals surface area (Å²) in [5, 5.41) is 1.12. The average molecular weight is 368 g/mol. The van der Waals surface area contributed by atoms with E-state index >= 15 is 0 Å². The minimum atomic E-state index is -1.06. The van der Waals surface area contributed by atoms with Crippen molar-refractivity contribution in [3.05, 3.63) is 87.4 Å². The first-order valence-electron chi connectivity index (χ1n) is 8.65. The molecule has 0 unspecified atom stereocenters. The smallest absolute Gasteiger partial charge is 0.0962 e. The van der Waals surface area contributed by atoms with Gasteiger partial charge in [-0.15, -0.1) is 11.3 Å². The molecule has 0 bridgehead atoms. The lowest BCUT2D eigenvalue weighted by Crippen LogP contribution is -2.11. The van der Waals surface area contributed by atoms with Crippen molar-refractivity contribution in [3.8, 4) is 0 Å². The Balaban J connectivity index is 1.64. The third-order valence-corrected chi connectivity index (χ3v) is 7.39. The molecule has 0 radical (unpaired) electrons. The fourth-order valence-electron chi connectivity index (χ4n) is 3.06. The van der Waals surface area contributed by atoms with Crippen molar-refractivity contribution in [2.75, 3.05) is 0 Å². The highest BCUT2D eigenvalue weighted by molar-refractivity contribution is 7.84. The Bertz CT molecular complexity index is 830. The maximum absolute atomic E-state index is 13.3. The number of hydrogen-bond acceptors (Lipinski definition) is 3. The van der Waals surface area contributed by atoms with Crippen LogP contribution >= 0.6 is 11.3 Å². The molecular weight excluding hydrogens is 346 g/mol. The lowest BCUT2D eigenvalue weighted by atomic mass is 10.0. The van der Waals surface area contributed by atoms with Crippen molar-refractivity contribution in [2.45, 2.75) is 36.7 Å². The third-order valence-electron chi connectivity index (χ3n) is 4.58. The van der Waals surface area contributed by atoms with Crippen LogP contribution in [-0.2, 0) is 16.6 Å². The van der Waals surface area contributed by atoms with Gasteiger partial charge in [0.05, 0.1) is 21.7 Å². The predicted molar refractivity (Wildman–Crippen MR) is 105 cm³/mol. The van der Waals surface area contributed by atoms with Gasteiger partial charge in [0.25, 0.3) is 0 Å². The molecule has 0 saturated heterocycles. The van der Waals surface area contributed by atoms with Gasteiger partial charge in [-0.3, -0.25) is 4.21 Å². The molecule has 128 valence electrons. The number of aryl methyl sites for hydroxylation is 1. The highest BCUT2D eigenvalue weighted by Crippen LogP contribution is 2.43.